The van der Waals surface area contributed by atoms with Gasteiger partial charge in [0.15, 0.2) is 6.10 Å². The molecule has 0 aliphatic heterocycles. The molecule has 0 bridgehead atoms. The lowest BCUT2D eigenvalue weighted by Crippen LogP contribution is -2.47. The topological polar surface area (TPSA) is 75.6 Å². The largest absolute Gasteiger partial charge is 0.481 e. The van der Waals surface area contributed by atoms with E-state index >= 15 is 0 Å². The second-order valence-corrected chi connectivity index (χ2v) is 5.67. The summed E-state index contributed by atoms with van der Waals surface area (Å²) in [6.07, 6.45) is -0.566. The third-order valence-electron chi connectivity index (χ3n) is 3.57. The van der Waals surface area contributed by atoms with E-state index < -0.39 is 24.0 Å². The highest BCUT2D eigenvalue weighted by Crippen LogP contribution is 2.14. The van der Waals surface area contributed by atoms with Crippen LogP contribution in [0.15, 0.2) is 54.6 Å². The van der Waals surface area contributed by atoms with Crippen LogP contribution in [-0.2, 0) is 16.0 Å². The molecule has 0 saturated heterocycles. The fourth-order valence-electron chi connectivity index (χ4n) is 2.29. The zero-order valence-corrected chi connectivity index (χ0v) is 13.7. The van der Waals surface area contributed by atoms with Crippen LogP contribution in [0.1, 0.15) is 18.1 Å². The number of amides is 1. The zero-order valence-electron chi connectivity index (χ0n) is 13.7. The first-order valence-corrected chi connectivity index (χ1v) is 7.76. The minimum atomic E-state index is -1.07. The molecular formula is C19H21NO4. The van der Waals surface area contributed by atoms with Crippen molar-refractivity contribution in [3.05, 3.63) is 65.7 Å². The Hall–Kier alpha value is -2.82. The molecule has 0 aliphatic rings. The van der Waals surface area contributed by atoms with Gasteiger partial charge in [-0.3, -0.25) is 4.79 Å². The second kappa shape index (κ2) is 8.15. The fourth-order valence-corrected chi connectivity index (χ4v) is 2.29. The summed E-state index contributed by atoms with van der Waals surface area (Å²) in [7, 11) is 0. The van der Waals surface area contributed by atoms with Crippen LogP contribution < -0.4 is 10.1 Å². The Balaban J connectivity index is 1.98. The molecule has 2 aromatic carbocycles. The van der Waals surface area contributed by atoms with Gasteiger partial charge in [0.2, 0.25) is 0 Å². The molecule has 1 unspecified atom stereocenters. The quantitative estimate of drug-likeness (QED) is 0.819. The van der Waals surface area contributed by atoms with Gasteiger partial charge in [-0.1, -0.05) is 42.5 Å². The van der Waals surface area contributed by atoms with E-state index in [1.807, 2.05) is 55.5 Å². The van der Waals surface area contributed by atoms with Crippen LogP contribution in [0.25, 0.3) is 0 Å². The zero-order chi connectivity index (χ0) is 17.5. The number of aliphatic carboxylic acids is 1. The van der Waals surface area contributed by atoms with Gasteiger partial charge in [0.05, 0.1) is 0 Å². The highest BCUT2D eigenvalue weighted by molar-refractivity contribution is 5.86. The molecule has 0 aliphatic carbocycles. The Morgan fingerprint density at radius 2 is 1.83 bits per heavy atom. The average molecular weight is 327 g/mol. The predicted molar refractivity (Wildman–Crippen MR) is 91.0 cm³/mol. The molecule has 126 valence electrons. The van der Waals surface area contributed by atoms with Gasteiger partial charge < -0.3 is 15.2 Å². The highest BCUT2D eigenvalue weighted by atomic mass is 16.5. The van der Waals surface area contributed by atoms with Gasteiger partial charge in [0.1, 0.15) is 11.8 Å². The molecule has 0 aromatic heterocycles. The van der Waals surface area contributed by atoms with Crippen LogP contribution in [0.3, 0.4) is 0 Å². The Bertz CT molecular complexity index is 700. The van der Waals surface area contributed by atoms with E-state index in [4.69, 9.17) is 4.74 Å². The third kappa shape index (κ3) is 5.12. The van der Waals surface area contributed by atoms with E-state index in [0.717, 1.165) is 11.1 Å². The molecule has 2 aromatic rings. The Morgan fingerprint density at radius 3 is 2.46 bits per heavy atom. The van der Waals surface area contributed by atoms with Gasteiger partial charge in [-0.05, 0) is 37.1 Å². The van der Waals surface area contributed by atoms with E-state index in [1.54, 1.807) is 13.0 Å². The number of nitrogens with one attached hydrogen (secondary N) is 1. The summed E-state index contributed by atoms with van der Waals surface area (Å²) in [5, 5.41) is 11.9. The van der Waals surface area contributed by atoms with Crippen molar-refractivity contribution >= 4 is 11.9 Å². The number of carbonyl (C=O) groups excluding carboxylic acids is 1. The number of rotatable bonds is 7. The van der Waals surface area contributed by atoms with Gasteiger partial charge >= 0.3 is 5.97 Å². The minimum absolute atomic E-state index is 0.221. The van der Waals surface area contributed by atoms with Gasteiger partial charge in [0.25, 0.3) is 5.91 Å². The molecule has 5 heteroatoms. The van der Waals surface area contributed by atoms with Crippen LogP contribution in [0, 0.1) is 6.92 Å². The van der Waals surface area contributed by atoms with E-state index in [-0.39, 0.29) is 6.42 Å². The van der Waals surface area contributed by atoms with Gasteiger partial charge in [-0.2, -0.15) is 0 Å². The van der Waals surface area contributed by atoms with Crippen LogP contribution in [-0.4, -0.2) is 29.1 Å². The normalized spacial score (nSPS) is 12.9. The van der Waals surface area contributed by atoms with Gasteiger partial charge in [-0.25, -0.2) is 4.79 Å². The van der Waals surface area contributed by atoms with Crippen molar-refractivity contribution < 1.29 is 19.4 Å². The Labute approximate surface area is 141 Å². The average Bonchev–Trinajstić information content (AvgIpc) is 2.55. The molecule has 0 spiro atoms. The molecule has 5 nitrogen and oxygen atoms in total. The molecule has 0 fully saturated rings. The Kier molecular flexibility index (Phi) is 5.95. The molecule has 24 heavy (non-hydrogen) atoms. The molecular weight excluding hydrogens is 306 g/mol. The smallest absolute Gasteiger partial charge is 0.326 e. The highest BCUT2D eigenvalue weighted by Gasteiger charge is 2.24. The summed E-state index contributed by atoms with van der Waals surface area (Å²) in [4.78, 5) is 23.6. The standard InChI is InChI=1S/C19H21NO4/c1-13-7-6-10-16(11-13)24-14(2)18(21)20-17(19(22)23)12-15-8-4-3-5-9-15/h3-11,14,17H,12H2,1-2H3,(H,20,21)(H,22,23)/t14?,17-/m0/s1. The van der Waals surface area contributed by atoms with E-state index in [2.05, 4.69) is 5.32 Å². The lowest BCUT2D eigenvalue weighted by atomic mass is 10.1. The number of hydrogen-bond acceptors (Lipinski definition) is 3. The number of carbonyl (C=O) groups is 2. The molecule has 0 radical (unpaired) electrons. The monoisotopic (exact) mass is 327 g/mol. The number of benzene rings is 2. The van der Waals surface area contributed by atoms with Crippen LogP contribution in [0.5, 0.6) is 5.75 Å². The van der Waals surface area contributed by atoms with Crippen molar-refractivity contribution in [2.45, 2.75) is 32.4 Å². The lowest BCUT2D eigenvalue weighted by Gasteiger charge is -2.19. The van der Waals surface area contributed by atoms with Crippen molar-refractivity contribution in [2.24, 2.45) is 0 Å². The van der Waals surface area contributed by atoms with Crippen molar-refractivity contribution in [3.8, 4) is 5.75 Å². The third-order valence-corrected chi connectivity index (χ3v) is 3.57. The van der Waals surface area contributed by atoms with Crippen LogP contribution >= 0.6 is 0 Å². The van der Waals surface area contributed by atoms with E-state index in [0.29, 0.717) is 5.75 Å². The molecule has 0 saturated carbocycles. The second-order valence-electron chi connectivity index (χ2n) is 5.67. The first-order valence-electron chi connectivity index (χ1n) is 7.76. The minimum Gasteiger partial charge on any atom is -0.481 e. The summed E-state index contributed by atoms with van der Waals surface area (Å²) in [5.74, 6) is -0.956. The maximum atomic E-state index is 12.2. The van der Waals surface area contributed by atoms with Crippen molar-refractivity contribution in [1.29, 1.82) is 0 Å². The number of hydrogen-bond donors (Lipinski definition) is 2. The molecule has 1 amide bonds. The number of carboxylic acid groups (broad SMARTS) is 1. The number of ether oxygens (including phenoxy) is 1. The lowest BCUT2D eigenvalue weighted by molar-refractivity contribution is -0.142. The first-order chi connectivity index (χ1) is 11.5. The SMILES string of the molecule is Cc1cccc(OC(C)C(=O)N[C@@H](Cc2ccccc2)C(=O)O)c1. The summed E-state index contributed by atoms with van der Waals surface area (Å²) in [6, 6.07) is 15.5. The summed E-state index contributed by atoms with van der Waals surface area (Å²) < 4.78 is 5.58. The van der Waals surface area contributed by atoms with E-state index in [9.17, 15) is 14.7 Å². The number of carboxylic acids is 1. The molecule has 2 atom stereocenters. The van der Waals surface area contributed by atoms with Crippen LogP contribution in [0.4, 0.5) is 0 Å². The fraction of sp³-hybridized carbons (Fsp3) is 0.263. The van der Waals surface area contributed by atoms with E-state index in [1.165, 1.54) is 0 Å². The molecule has 2 N–H and O–H groups in total. The van der Waals surface area contributed by atoms with Crippen molar-refractivity contribution in [2.75, 3.05) is 0 Å². The van der Waals surface area contributed by atoms with Crippen LogP contribution in [0.2, 0.25) is 0 Å². The van der Waals surface area contributed by atoms with Crippen molar-refractivity contribution in [3.63, 3.8) is 0 Å². The predicted octanol–water partition coefficient (Wildman–Crippen LogP) is 2.57. The number of aryl methyl sites for hydroxylation is 1. The molecule has 2 rings (SSSR count). The van der Waals surface area contributed by atoms with Crippen molar-refractivity contribution in [1.82, 2.24) is 5.32 Å². The first kappa shape index (κ1) is 17.5. The summed E-state index contributed by atoms with van der Waals surface area (Å²) in [6.45, 7) is 3.52. The Morgan fingerprint density at radius 1 is 1.12 bits per heavy atom. The van der Waals surface area contributed by atoms with Gasteiger partial charge in [-0.15, -0.1) is 0 Å². The summed E-state index contributed by atoms with van der Waals surface area (Å²) in [5.41, 5.74) is 1.87. The van der Waals surface area contributed by atoms with Gasteiger partial charge in [0, 0.05) is 6.42 Å². The molecule has 0 heterocycles. The maximum Gasteiger partial charge on any atom is 0.326 e. The maximum absolute atomic E-state index is 12.2. The summed E-state index contributed by atoms with van der Waals surface area (Å²) >= 11 is 0.